The maximum absolute atomic E-state index is 13.5. The summed E-state index contributed by atoms with van der Waals surface area (Å²) in [4.78, 5) is 5.49. The molecule has 0 saturated carbocycles. The Morgan fingerprint density at radius 3 is 2.77 bits per heavy atom. The van der Waals surface area contributed by atoms with Gasteiger partial charge in [0, 0.05) is 12.6 Å². The SMILES string of the molecule is CC#CCN(C1=NCCN1)c1cc(F)ccc1OC(F)(F)F. The van der Waals surface area contributed by atoms with Crippen molar-refractivity contribution in [1.29, 1.82) is 0 Å². The summed E-state index contributed by atoms with van der Waals surface area (Å²) in [5, 5.41) is 2.92. The van der Waals surface area contributed by atoms with Crippen LogP contribution in [-0.4, -0.2) is 32.0 Å². The summed E-state index contributed by atoms with van der Waals surface area (Å²) in [7, 11) is 0. The lowest BCUT2D eigenvalue weighted by atomic mass is 10.2. The zero-order chi connectivity index (χ0) is 16.2. The van der Waals surface area contributed by atoms with Crippen molar-refractivity contribution < 1.29 is 22.3 Å². The molecule has 8 heteroatoms. The number of aliphatic imine (C=N–C) groups is 1. The van der Waals surface area contributed by atoms with Crippen LogP contribution in [0.2, 0.25) is 0 Å². The molecule has 1 N–H and O–H groups in total. The van der Waals surface area contributed by atoms with Gasteiger partial charge in [-0.1, -0.05) is 5.92 Å². The molecular weight excluding hydrogens is 302 g/mol. The number of hydrogen-bond donors (Lipinski definition) is 1. The Labute approximate surface area is 124 Å². The van der Waals surface area contributed by atoms with Gasteiger partial charge in [-0.05, 0) is 19.1 Å². The zero-order valence-corrected chi connectivity index (χ0v) is 11.7. The van der Waals surface area contributed by atoms with Crippen LogP contribution in [0.25, 0.3) is 0 Å². The molecule has 1 aromatic carbocycles. The minimum absolute atomic E-state index is 0.0556. The minimum Gasteiger partial charge on any atom is -0.404 e. The summed E-state index contributed by atoms with van der Waals surface area (Å²) < 4.78 is 55.0. The highest BCUT2D eigenvalue weighted by molar-refractivity contribution is 5.98. The molecule has 1 aliphatic heterocycles. The van der Waals surface area contributed by atoms with Gasteiger partial charge in [0.25, 0.3) is 0 Å². The predicted molar refractivity (Wildman–Crippen MR) is 74.2 cm³/mol. The Bertz CT molecular complexity index is 631. The zero-order valence-electron chi connectivity index (χ0n) is 11.7. The first-order valence-electron chi connectivity index (χ1n) is 6.41. The molecule has 0 aliphatic carbocycles. The molecular formula is C14H13F4N3O. The fourth-order valence-corrected chi connectivity index (χ4v) is 1.91. The molecule has 0 radical (unpaired) electrons. The number of guanidine groups is 1. The van der Waals surface area contributed by atoms with Crippen molar-refractivity contribution in [1.82, 2.24) is 5.32 Å². The molecule has 0 spiro atoms. The van der Waals surface area contributed by atoms with Crippen LogP contribution in [0.15, 0.2) is 23.2 Å². The first kappa shape index (κ1) is 15.9. The molecule has 0 saturated heterocycles. The molecule has 0 amide bonds. The number of ether oxygens (including phenoxy) is 1. The molecule has 0 fully saturated rings. The van der Waals surface area contributed by atoms with Crippen LogP contribution in [0, 0.1) is 17.7 Å². The van der Waals surface area contributed by atoms with Crippen molar-refractivity contribution >= 4 is 11.6 Å². The maximum atomic E-state index is 13.5. The molecule has 0 aromatic heterocycles. The van der Waals surface area contributed by atoms with Gasteiger partial charge in [0.1, 0.15) is 5.82 Å². The van der Waals surface area contributed by atoms with Crippen LogP contribution in [0.4, 0.5) is 23.2 Å². The van der Waals surface area contributed by atoms with E-state index in [4.69, 9.17) is 0 Å². The van der Waals surface area contributed by atoms with Crippen LogP contribution in [0.3, 0.4) is 0 Å². The predicted octanol–water partition coefficient (Wildman–Crippen LogP) is 2.51. The highest BCUT2D eigenvalue weighted by atomic mass is 19.4. The molecule has 1 aromatic rings. The number of alkyl halides is 3. The minimum atomic E-state index is -4.88. The third kappa shape index (κ3) is 4.04. The van der Waals surface area contributed by atoms with Crippen molar-refractivity contribution in [3.63, 3.8) is 0 Å². The summed E-state index contributed by atoms with van der Waals surface area (Å²) in [5.74, 6) is 4.51. The van der Waals surface area contributed by atoms with E-state index in [-0.39, 0.29) is 12.2 Å². The van der Waals surface area contributed by atoms with E-state index in [1.165, 1.54) is 4.90 Å². The normalized spacial score (nSPS) is 13.8. The highest BCUT2D eigenvalue weighted by Gasteiger charge is 2.33. The van der Waals surface area contributed by atoms with E-state index >= 15 is 0 Å². The number of hydrogen-bond acceptors (Lipinski definition) is 4. The van der Waals surface area contributed by atoms with E-state index in [0.717, 1.165) is 18.2 Å². The number of halogens is 4. The Balaban J connectivity index is 2.43. The van der Waals surface area contributed by atoms with Crippen molar-refractivity contribution in [2.75, 3.05) is 24.5 Å². The maximum Gasteiger partial charge on any atom is 0.573 e. The van der Waals surface area contributed by atoms with Crippen LogP contribution in [-0.2, 0) is 0 Å². The van der Waals surface area contributed by atoms with Crippen molar-refractivity contribution in [2.45, 2.75) is 13.3 Å². The summed E-state index contributed by atoms with van der Waals surface area (Å²) >= 11 is 0. The Kier molecular flexibility index (Phi) is 4.75. The number of nitrogens with one attached hydrogen (secondary N) is 1. The van der Waals surface area contributed by atoms with Crippen LogP contribution in [0.1, 0.15) is 6.92 Å². The van der Waals surface area contributed by atoms with E-state index in [0.29, 0.717) is 19.0 Å². The van der Waals surface area contributed by atoms with Gasteiger partial charge >= 0.3 is 6.36 Å². The Hall–Kier alpha value is -2.43. The number of rotatable bonds is 3. The van der Waals surface area contributed by atoms with Gasteiger partial charge in [0.15, 0.2) is 11.7 Å². The fraction of sp³-hybridized carbons (Fsp3) is 0.357. The number of nitrogens with zero attached hydrogens (tertiary/aromatic N) is 2. The average molecular weight is 315 g/mol. The quantitative estimate of drug-likeness (QED) is 0.688. The smallest absolute Gasteiger partial charge is 0.404 e. The third-order valence-electron chi connectivity index (χ3n) is 2.76. The fourth-order valence-electron chi connectivity index (χ4n) is 1.91. The second-order valence-corrected chi connectivity index (χ2v) is 4.30. The molecule has 0 unspecified atom stereocenters. The van der Waals surface area contributed by atoms with Crippen molar-refractivity contribution in [3.8, 4) is 17.6 Å². The molecule has 1 aliphatic rings. The summed E-state index contributed by atoms with van der Waals surface area (Å²) in [5.41, 5.74) is -0.0896. The summed E-state index contributed by atoms with van der Waals surface area (Å²) in [6.07, 6.45) is -4.88. The van der Waals surface area contributed by atoms with E-state index in [1.54, 1.807) is 6.92 Å². The Morgan fingerprint density at radius 1 is 1.41 bits per heavy atom. The van der Waals surface area contributed by atoms with E-state index in [2.05, 4.69) is 26.9 Å². The van der Waals surface area contributed by atoms with Gasteiger partial charge in [0.2, 0.25) is 0 Å². The number of benzene rings is 1. The van der Waals surface area contributed by atoms with Crippen LogP contribution >= 0.6 is 0 Å². The van der Waals surface area contributed by atoms with Gasteiger partial charge < -0.3 is 10.1 Å². The first-order chi connectivity index (χ1) is 10.4. The summed E-state index contributed by atoms with van der Waals surface area (Å²) in [6.45, 7) is 2.69. The first-order valence-corrected chi connectivity index (χ1v) is 6.41. The lowest BCUT2D eigenvalue weighted by molar-refractivity contribution is -0.274. The Morgan fingerprint density at radius 2 is 2.18 bits per heavy atom. The van der Waals surface area contributed by atoms with E-state index < -0.39 is 17.9 Å². The topological polar surface area (TPSA) is 36.9 Å². The van der Waals surface area contributed by atoms with Crippen LogP contribution in [0.5, 0.6) is 5.75 Å². The van der Waals surface area contributed by atoms with E-state index in [1.807, 2.05) is 0 Å². The standard InChI is InChI=1S/C14H13F4N3O/c1-2-3-8-21(13-19-6-7-20-13)11-9-10(15)4-5-12(11)22-14(16,17)18/h4-5,9H,6-8H2,1H3,(H,19,20). The monoisotopic (exact) mass is 315 g/mol. The average Bonchev–Trinajstić information content (AvgIpc) is 2.94. The van der Waals surface area contributed by atoms with Crippen LogP contribution < -0.4 is 15.0 Å². The second-order valence-electron chi connectivity index (χ2n) is 4.30. The van der Waals surface area contributed by atoms with Gasteiger partial charge in [0.05, 0.1) is 18.8 Å². The molecule has 0 bridgehead atoms. The molecule has 118 valence electrons. The van der Waals surface area contributed by atoms with Crippen molar-refractivity contribution in [2.24, 2.45) is 4.99 Å². The van der Waals surface area contributed by atoms with Gasteiger partial charge in [-0.2, -0.15) is 0 Å². The second kappa shape index (κ2) is 6.56. The molecule has 22 heavy (non-hydrogen) atoms. The van der Waals surface area contributed by atoms with Crippen molar-refractivity contribution in [3.05, 3.63) is 24.0 Å². The van der Waals surface area contributed by atoms with Gasteiger partial charge in [-0.25, -0.2) is 4.39 Å². The van der Waals surface area contributed by atoms with Gasteiger partial charge in [-0.15, -0.1) is 19.1 Å². The third-order valence-corrected chi connectivity index (χ3v) is 2.76. The lowest BCUT2D eigenvalue weighted by Crippen LogP contribution is -2.39. The largest absolute Gasteiger partial charge is 0.573 e. The molecule has 1 heterocycles. The highest BCUT2D eigenvalue weighted by Crippen LogP contribution is 2.33. The molecule has 2 rings (SSSR count). The van der Waals surface area contributed by atoms with E-state index in [9.17, 15) is 17.6 Å². The molecule has 4 nitrogen and oxygen atoms in total. The van der Waals surface area contributed by atoms with Gasteiger partial charge in [-0.3, -0.25) is 9.89 Å². The lowest BCUT2D eigenvalue weighted by Gasteiger charge is -2.25. The number of anilines is 1. The summed E-state index contributed by atoms with van der Waals surface area (Å²) in [6, 6.07) is 2.79. The molecule has 0 atom stereocenters.